The van der Waals surface area contributed by atoms with Crippen LogP contribution >= 0.6 is 12.2 Å². The Bertz CT molecular complexity index is 627. The molecule has 0 heterocycles. The van der Waals surface area contributed by atoms with Gasteiger partial charge in [0, 0.05) is 11.4 Å². The maximum Gasteiger partial charge on any atom is 0.175 e. The SMILES string of the molecule is Cc1cc(C)cc(NC(=S)Nc2cc(C)ccc2C)c1. The van der Waals surface area contributed by atoms with Crippen molar-refractivity contribution in [3.8, 4) is 0 Å². The highest BCUT2D eigenvalue weighted by molar-refractivity contribution is 7.80. The standard InChI is InChI=1S/C17H20N2S/c1-11-5-6-14(4)16(10-11)19-17(20)18-15-8-12(2)7-13(3)9-15/h5-10H,1-4H3,(H2,18,19,20). The molecule has 0 radical (unpaired) electrons. The molecule has 0 spiro atoms. The lowest BCUT2D eigenvalue weighted by atomic mass is 10.1. The first-order valence-corrected chi connectivity index (χ1v) is 7.08. The fourth-order valence-electron chi connectivity index (χ4n) is 2.20. The van der Waals surface area contributed by atoms with Crippen molar-refractivity contribution in [1.82, 2.24) is 0 Å². The molecule has 0 bridgehead atoms. The molecule has 2 rings (SSSR count). The molecule has 0 aliphatic carbocycles. The summed E-state index contributed by atoms with van der Waals surface area (Å²) in [7, 11) is 0. The van der Waals surface area contributed by atoms with E-state index in [9.17, 15) is 0 Å². The van der Waals surface area contributed by atoms with Gasteiger partial charge in [0.2, 0.25) is 0 Å². The smallest absolute Gasteiger partial charge is 0.175 e. The largest absolute Gasteiger partial charge is 0.332 e. The maximum absolute atomic E-state index is 5.39. The second kappa shape index (κ2) is 6.06. The van der Waals surface area contributed by atoms with Gasteiger partial charge < -0.3 is 10.6 Å². The van der Waals surface area contributed by atoms with Crippen LogP contribution in [0.25, 0.3) is 0 Å². The van der Waals surface area contributed by atoms with Gasteiger partial charge in [-0.05, 0) is 80.4 Å². The van der Waals surface area contributed by atoms with Crippen LogP contribution in [0, 0.1) is 27.7 Å². The zero-order valence-electron chi connectivity index (χ0n) is 12.4. The minimum atomic E-state index is 0.615. The van der Waals surface area contributed by atoms with Crippen molar-refractivity contribution in [1.29, 1.82) is 0 Å². The number of hydrogen-bond acceptors (Lipinski definition) is 1. The molecular weight excluding hydrogens is 264 g/mol. The third-order valence-corrected chi connectivity index (χ3v) is 3.32. The first-order valence-electron chi connectivity index (χ1n) is 6.67. The Kier molecular flexibility index (Phi) is 4.40. The zero-order chi connectivity index (χ0) is 14.7. The molecule has 0 aromatic heterocycles. The quantitative estimate of drug-likeness (QED) is 0.780. The predicted octanol–water partition coefficient (Wildman–Crippen LogP) is 4.73. The number of hydrogen-bond donors (Lipinski definition) is 2. The number of thiocarbonyl (C=S) groups is 1. The fraction of sp³-hybridized carbons (Fsp3) is 0.235. The Morgan fingerprint density at radius 3 is 2.10 bits per heavy atom. The van der Waals surface area contributed by atoms with Gasteiger partial charge in [-0.15, -0.1) is 0 Å². The van der Waals surface area contributed by atoms with Crippen molar-refractivity contribution in [2.75, 3.05) is 10.6 Å². The topological polar surface area (TPSA) is 24.1 Å². The van der Waals surface area contributed by atoms with E-state index < -0.39 is 0 Å². The van der Waals surface area contributed by atoms with Crippen LogP contribution in [0.1, 0.15) is 22.3 Å². The summed E-state index contributed by atoms with van der Waals surface area (Å²) in [5.41, 5.74) is 6.91. The summed E-state index contributed by atoms with van der Waals surface area (Å²) in [4.78, 5) is 0. The molecule has 0 aliphatic heterocycles. The first kappa shape index (κ1) is 14.5. The Morgan fingerprint density at radius 1 is 0.800 bits per heavy atom. The molecule has 2 aromatic carbocycles. The minimum Gasteiger partial charge on any atom is -0.332 e. The normalized spacial score (nSPS) is 10.2. The number of benzene rings is 2. The summed E-state index contributed by atoms with van der Waals surface area (Å²) >= 11 is 5.39. The van der Waals surface area contributed by atoms with E-state index in [0.717, 1.165) is 11.4 Å². The summed E-state index contributed by atoms with van der Waals surface area (Å²) in [6.45, 7) is 8.31. The molecule has 0 unspecified atom stereocenters. The number of aryl methyl sites for hydroxylation is 4. The Labute approximate surface area is 126 Å². The van der Waals surface area contributed by atoms with Gasteiger partial charge in [-0.2, -0.15) is 0 Å². The Hall–Kier alpha value is -1.87. The molecule has 0 atom stereocenters. The third kappa shape index (κ3) is 3.81. The molecule has 2 N–H and O–H groups in total. The van der Waals surface area contributed by atoms with Crippen LogP contribution in [0.2, 0.25) is 0 Å². The fourth-order valence-corrected chi connectivity index (χ4v) is 2.43. The van der Waals surface area contributed by atoms with Crippen molar-refractivity contribution < 1.29 is 0 Å². The summed E-state index contributed by atoms with van der Waals surface area (Å²) < 4.78 is 0. The number of nitrogens with one attached hydrogen (secondary N) is 2. The monoisotopic (exact) mass is 284 g/mol. The van der Waals surface area contributed by atoms with Gasteiger partial charge in [0.25, 0.3) is 0 Å². The van der Waals surface area contributed by atoms with Gasteiger partial charge >= 0.3 is 0 Å². The Balaban J connectivity index is 2.11. The second-order valence-corrected chi connectivity index (χ2v) is 5.68. The van der Waals surface area contributed by atoms with Gasteiger partial charge in [-0.25, -0.2) is 0 Å². The maximum atomic E-state index is 5.39. The lowest BCUT2D eigenvalue weighted by Gasteiger charge is -2.14. The second-order valence-electron chi connectivity index (χ2n) is 5.27. The molecule has 2 aromatic rings. The van der Waals surface area contributed by atoms with Crippen LogP contribution in [-0.2, 0) is 0 Å². The summed E-state index contributed by atoms with van der Waals surface area (Å²) in [6.07, 6.45) is 0. The van der Waals surface area contributed by atoms with Crippen molar-refractivity contribution in [3.63, 3.8) is 0 Å². The van der Waals surface area contributed by atoms with Gasteiger partial charge in [0.1, 0.15) is 0 Å². The summed E-state index contributed by atoms with van der Waals surface area (Å²) in [5, 5.41) is 7.11. The minimum absolute atomic E-state index is 0.615. The van der Waals surface area contributed by atoms with Crippen LogP contribution in [0.3, 0.4) is 0 Å². The highest BCUT2D eigenvalue weighted by Crippen LogP contribution is 2.18. The zero-order valence-corrected chi connectivity index (χ0v) is 13.2. The average molecular weight is 284 g/mol. The predicted molar refractivity (Wildman–Crippen MR) is 91.7 cm³/mol. The van der Waals surface area contributed by atoms with Crippen LogP contribution in [-0.4, -0.2) is 5.11 Å². The Morgan fingerprint density at radius 2 is 1.45 bits per heavy atom. The number of anilines is 2. The van der Waals surface area contributed by atoms with E-state index in [1.807, 2.05) is 0 Å². The third-order valence-electron chi connectivity index (χ3n) is 3.12. The van der Waals surface area contributed by atoms with E-state index in [2.05, 4.69) is 74.7 Å². The average Bonchev–Trinajstić information content (AvgIpc) is 2.32. The van der Waals surface area contributed by atoms with E-state index in [-0.39, 0.29) is 0 Å². The molecule has 3 heteroatoms. The van der Waals surface area contributed by atoms with Gasteiger partial charge in [-0.3, -0.25) is 0 Å². The van der Waals surface area contributed by atoms with Crippen LogP contribution < -0.4 is 10.6 Å². The first-order chi connectivity index (χ1) is 9.44. The molecule has 0 aliphatic rings. The van der Waals surface area contributed by atoms with Crippen molar-refractivity contribution in [2.24, 2.45) is 0 Å². The summed E-state index contributed by atoms with van der Waals surface area (Å²) in [6, 6.07) is 12.6. The molecule has 0 fully saturated rings. The highest BCUT2D eigenvalue weighted by Gasteiger charge is 2.03. The lowest BCUT2D eigenvalue weighted by Crippen LogP contribution is -2.19. The van der Waals surface area contributed by atoms with E-state index >= 15 is 0 Å². The van der Waals surface area contributed by atoms with E-state index in [4.69, 9.17) is 12.2 Å². The van der Waals surface area contributed by atoms with Crippen LogP contribution in [0.4, 0.5) is 11.4 Å². The molecule has 2 nitrogen and oxygen atoms in total. The van der Waals surface area contributed by atoms with Crippen molar-refractivity contribution in [2.45, 2.75) is 27.7 Å². The molecule has 0 saturated heterocycles. The molecule has 104 valence electrons. The van der Waals surface area contributed by atoms with Gasteiger partial charge in [0.05, 0.1) is 0 Å². The van der Waals surface area contributed by atoms with Gasteiger partial charge in [-0.1, -0.05) is 18.2 Å². The van der Waals surface area contributed by atoms with Crippen LogP contribution in [0.15, 0.2) is 36.4 Å². The van der Waals surface area contributed by atoms with Crippen LogP contribution in [0.5, 0.6) is 0 Å². The summed E-state index contributed by atoms with van der Waals surface area (Å²) in [5.74, 6) is 0. The van der Waals surface area contributed by atoms with E-state index in [0.29, 0.717) is 5.11 Å². The molecule has 20 heavy (non-hydrogen) atoms. The molecule has 0 saturated carbocycles. The highest BCUT2D eigenvalue weighted by atomic mass is 32.1. The lowest BCUT2D eigenvalue weighted by molar-refractivity contribution is 1.37. The van der Waals surface area contributed by atoms with Crippen molar-refractivity contribution in [3.05, 3.63) is 58.7 Å². The van der Waals surface area contributed by atoms with E-state index in [1.54, 1.807) is 0 Å². The molecule has 0 amide bonds. The van der Waals surface area contributed by atoms with E-state index in [1.165, 1.54) is 22.3 Å². The number of rotatable bonds is 2. The van der Waals surface area contributed by atoms with Gasteiger partial charge in [0.15, 0.2) is 5.11 Å². The molecular formula is C17H20N2S. The van der Waals surface area contributed by atoms with Crippen molar-refractivity contribution >= 4 is 28.7 Å².